The second-order valence-electron chi connectivity index (χ2n) is 5.38. The number of ether oxygens (including phenoxy) is 1. The van der Waals surface area contributed by atoms with Gasteiger partial charge in [-0.15, -0.1) is 0 Å². The van der Waals surface area contributed by atoms with Crippen molar-refractivity contribution in [2.24, 2.45) is 4.99 Å². The van der Waals surface area contributed by atoms with E-state index in [4.69, 9.17) is 4.74 Å². The highest BCUT2D eigenvalue weighted by Crippen LogP contribution is 2.13. The number of nitrogens with one attached hydrogen (secondary N) is 2. The zero-order valence-electron chi connectivity index (χ0n) is 13.6. The Morgan fingerprint density at radius 1 is 1.27 bits per heavy atom. The molecule has 0 radical (unpaired) electrons. The summed E-state index contributed by atoms with van der Waals surface area (Å²) >= 11 is 0. The van der Waals surface area contributed by atoms with Crippen LogP contribution in [0.5, 0.6) is 5.75 Å². The van der Waals surface area contributed by atoms with E-state index < -0.39 is 0 Å². The summed E-state index contributed by atoms with van der Waals surface area (Å²) in [4.78, 5) is 4.67. The fraction of sp³-hybridized carbons (Fsp3) is 0.500. The highest BCUT2D eigenvalue weighted by molar-refractivity contribution is 5.80. The lowest BCUT2D eigenvalue weighted by molar-refractivity contribution is 0.340. The fourth-order valence-corrected chi connectivity index (χ4v) is 2.50. The van der Waals surface area contributed by atoms with E-state index in [0.29, 0.717) is 12.6 Å². The van der Waals surface area contributed by atoms with Crippen molar-refractivity contribution < 1.29 is 4.74 Å². The van der Waals surface area contributed by atoms with Gasteiger partial charge in [-0.25, -0.2) is 0 Å². The van der Waals surface area contributed by atoms with Crippen molar-refractivity contribution in [3.8, 4) is 5.75 Å². The molecule has 120 valence electrons. The Labute approximate surface area is 133 Å². The molecule has 0 heterocycles. The maximum absolute atomic E-state index is 5.53. The van der Waals surface area contributed by atoms with Crippen molar-refractivity contribution in [1.82, 2.24) is 10.6 Å². The van der Waals surface area contributed by atoms with Crippen molar-refractivity contribution in [2.45, 2.75) is 39.2 Å². The van der Waals surface area contributed by atoms with E-state index in [9.17, 15) is 0 Å². The predicted octanol–water partition coefficient (Wildman–Crippen LogP) is 2.90. The molecule has 0 atom stereocenters. The zero-order valence-corrected chi connectivity index (χ0v) is 13.6. The lowest BCUT2D eigenvalue weighted by Gasteiger charge is -2.16. The average molecular weight is 301 g/mol. The molecule has 1 aliphatic rings. The van der Waals surface area contributed by atoms with Gasteiger partial charge in [-0.3, -0.25) is 4.99 Å². The molecule has 22 heavy (non-hydrogen) atoms. The van der Waals surface area contributed by atoms with Gasteiger partial charge in [-0.1, -0.05) is 24.3 Å². The molecule has 4 nitrogen and oxygen atoms in total. The molecule has 0 bridgehead atoms. The van der Waals surface area contributed by atoms with Crippen LogP contribution in [0.15, 0.2) is 41.4 Å². The fourth-order valence-electron chi connectivity index (χ4n) is 2.50. The average Bonchev–Trinajstić information content (AvgIpc) is 3.01. The van der Waals surface area contributed by atoms with Crippen LogP contribution in [-0.2, 0) is 6.42 Å². The van der Waals surface area contributed by atoms with Gasteiger partial charge in [0.2, 0.25) is 0 Å². The minimum absolute atomic E-state index is 0.485. The van der Waals surface area contributed by atoms with Crippen LogP contribution in [0.2, 0.25) is 0 Å². The summed E-state index contributed by atoms with van der Waals surface area (Å²) in [5.74, 6) is 1.85. The molecule has 4 heteroatoms. The maximum atomic E-state index is 5.53. The van der Waals surface area contributed by atoms with Crippen molar-refractivity contribution in [3.63, 3.8) is 0 Å². The molecule has 0 aliphatic heterocycles. The first-order chi connectivity index (χ1) is 10.8. The summed E-state index contributed by atoms with van der Waals surface area (Å²) < 4.78 is 5.53. The molecular formula is C18H27N3O. The summed E-state index contributed by atoms with van der Waals surface area (Å²) in [7, 11) is 0. The molecule has 0 unspecified atom stereocenters. The van der Waals surface area contributed by atoms with Gasteiger partial charge in [0.05, 0.1) is 6.61 Å². The highest BCUT2D eigenvalue weighted by Gasteiger charge is 2.11. The Bertz CT molecular complexity index is 503. The Morgan fingerprint density at radius 2 is 2.09 bits per heavy atom. The first kappa shape index (κ1) is 16.4. The van der Waals surface area contributed by atoms with E-state index in [2.05, 4.69) is 46.8 Å². The molecule has 0 amide bonds. The number of nitrogens with zero attached hydrogens (tertiary/aromatic N) is 1. The third-order valence-corrected chi connectivity index (χ3v) is 3.57. The van der Waals surface area contributed by atoms with Crippen molar-refractivity contribution in [3.05, 3.63) is 42.0 Å². The van der Waals surface area contributed by atoms with Crippen LogP contribution in [0.25, 0.3) is 0 Å². The molecule has 1 aliphatic carbocycles. The first-order valence-electron chi connectivity index (χ1n) is 8.23. The SMILES string of the molecule is CCNC(=NCCc1cccc(OCC)c1)NC1CC=CC1. The van der Waals surface area contributed by atoms with Crippen molar-refractivity contribution in [2.75, 3.05) is 19.7 Å². The summed E-state index contributed by atoms with van der Waals surface area (Å²) in [5.41, 5.74) is 1.26. The van der Waals surface area contributed by atoms with Crippen LogP contribution in [0.3, 0.4) is 0 Å². The summed E-state index contributed by atoms with van der Waals surface area (Å²) in [6.45, 7) is 6.45. The number of benzene rings is 1. The Kier molecular flexibility index (Phi) is 6.81. The second kappa shape index (κ2) is 9.13. The van der Waals surface area contributed by atoms with Crippen LogP contribution >= 0.6 is 0 Å². The third-order valence-electron chi connectivity index (χ3n) is 3.57. The second-order valence-corrected chi connectivity index (χ2v) is 5.38. The monoisotopic (exact) mass is 301 g/mol. The predicted molar refractivity (Wildman–Crippen MR) is 92.6 cm³/mol. The number of rotatable bonds is 7. The van der Waals surface area contributed by atoms with E-state index in [-0.39, 0.29) is 0 Å². The number of hydrogen-bond donors (Lipinski definition) is 2. The minimum Gasteiger partial charge on any atom is -0.494 e. The first-order valence-corrected chi connectivity index (χ1v) is 8.23. The number of aliphatic imine (C=N–C) groups is 1. The largest absolute Gasteiger partial charge is 0.494 e. The molecule has 0 saturated heterocycles. The third kappa shape index (κ3) is 5.43. The van der Waals surface area contributed by atoms with E-state index in [1.165, 1.54) is 5.56 Å². The van der Waals surface area contributed by atoms with Crippen LogP contribution in [0, 0.1) is 0 Å². The quantitative estimate of drug-likeness (QED) is 0.462. The zero-order chi connectivity index (χ0) is 15.6. The minimum atomic E-state index is 0.485. The smallest absolute Gasteiger partial charge is 0.191 e. The molecule has 2 N–H and O–H groups in total. The van der Waals surface area contributed by atoms with Gasteiger partial charge in [0.15, 0.2) is 5.96 Å². The van der Waals surface area contributed by atoms with Crippen LogP contribution < -0.4 is 15.4 Å². The molecule has 0 spiro atoms. The standard InChI is InChI=1S/C18H27N3O/c1-3-19-18(21-16-9-5-6-10-16)20-13-12-15-8-7-11-17(14-15)22-4-2/h5-8,11,14,16H,3-4,9-10,12-13H2,1-2H3,(H2,19,20,21). The normalized spacial score (nSPS) is 15.1. The van der Waals surface area contributed by atoms with Gasteiger partial charge < -0.3 is 15.4 Å². The molecular weight excluding hydrogens is 274 g/mol. The van der Waals surface area contributed by atoms with E-state index in [0.717, 1.165) is 44.1 Å². The van der Waals surface area contributed by atoms with Crippen LogP contribution in [-0.4, -0.2) is 31.7 Å². The van der Waals surface area contributed by atoms with Gasteiger partial charge in [-0.05, 0) is 50.8 Å². The summed E-state index contributed by atoms with van der Waals surface area (Å²) in [5, 5.41) is 6.80. The van der Waals surface area contributed by atoms with E-state index in [1.807, 2.05) is 19.1 Å². The number of hydrogen-bond acceptors (Lipinski definition) is 2. The van der Waals surface area contributed by atoms with Gasteiger partial charge in [0.25, 0.3) is 0 Å². The summed E-state index contributed by atoms with van der Waals surface area (Å²) in [6, 6.07) is 8.74. The lowest BCUT2D eigenvalue weighted by Crippen LogP contribution is -2.42. The molecule has 0 aromatic heterocycles. The van der Waals surface area contributed by atoms with Crippen LogP contribution in [0.4, 0.5) is 0 Å². The van der Waals surface area contributed by atoms with E-state index in [1.54, 1.807) is 0 Å². The lowest BCUT2D eigenvalue weighted by atomic mass is 10.1. The van der Waals surface area contributed by atoms with Gasteiger partial charge in [-0.2, -0.15) is 0 Å². The molecule has 1 aromatic rings. The Hall–Kier alpha value is -1.97. The van der Waals surface area contributed by atoms with Gasteiger partial charge in [0.1, 0.15) is 5.75 Å². The Morgan fingerprint density at radius 3 is 2.82 bits per heavy atom. The van der Waals surface area contributed by atoms with Gasteiger partial charge in [0, 0.05) is 19.1 Å². The molecule has 0 fully saturated rings. The maximum Gasteiger partial charge on any atom is 0.191 e. The number of guanidine groups is 1. The van der Waals surface area contributed by atoms with Crippen molar-refractivity contribution in [1.29, 1.82) is 0 Å². The van der Waals surface area contributed by atoms with Crippen LogP contribution in [0.1, 0.15) is 32.3 Å². The van der Waals surface area contributed by atoms with Gasteiger partial charge >= 0.3 is 0 Å². The molecule has 2 rings (SSSR count). The highest BCUT2D eigenvalue weighted by atomic mass is 16.5. The van der Waals surface area contributed by atoms with Crippen molar-refractivity contribution >= 4 is 5.96 Å². The summed E-state index contributed by atoms with van der Waals surface area (Å²) in [6.07, 6.45) is 7.53. The Balaban J connectivity index is 1.85. The molecule has 0 saturated carbocycles. The van der Waals surface area contributed by atoms with E-state index >= 15 is 0 Å². The molecule has 1 aromatic carbocycles. The topological polar surface area (TPSA) is 45.7 Å².